The summed E-state index contributed by atoms with van der Waals surface area (Å²) in [5.74, 6) is -2.16. The summed E-state index contributed by atoms with van der Waals surface area (Å²) >= 11 is 0. The lowest BCUT2D eigenvalue weighted by molar-refractivity contribution is -0.145. The SMILES string of the molecule is CC(C)(C)C(=O)NC1CC(C(=O)O)CN(CC(N)=O)C1. The van der Waals surface area contributed by atoms with Gasteiger partial charge in [-0.25, -0.2) is 0 Å². The summed E-state index contributed by atoms with van der Waals surface area (Å²) in [7, 11) is 0. The molecule has 1 fully saturated rings. The van der Waals surface area contributed by atoms with Crippen molar-refractivity contribution in [2.75, 3.05) is 19.6 Å². The number of hydrogen-bond donors (Lipinski definition) is 3. The van der Waals surface area contributed by atoms with E-state index in [0.29, 0.717) is 13.0 Å². The molecule has 0 aromatic heterocycles. The van der Waals surface area contributed by atoms with E-state index >= 15 is 0 Å². The molecule has 0 aromatic rings. The zero-order valence-electron chi connectivity index (χ0n) is 12.2. The third-order valence-corrected chi connectivity index (χ3v) is 3.27. The van der Waals surface area contributed by atoms with Gasteiger partial charge in [-0.1, -0.05) is 20.8 Å². The molecule has 20 heavy (non-hydrogen) atoms. The number of carbonyl (C=O) groups excluding carboxylic acids is 2. The third kappa shape index (κ3) is 4.80. The van der Waals surface area contributed by atoms with Crippen LogP contribution in [0.2, 0.25) is 0 Å². The number of nitrogens with one attached hydrogen (secondary N) is 1. The van der Waals surface area contributed by atoms with Crippen molar-refractivity contribution in [1.82, 2.24) is 10.2 Å². The van der Waals surface area contributed by atoms with E-state index in [1.807, 2.05) is 0 Å². The van der Waals surface area contributed by atoms with Crippen LogP contribution in [-0.2, 0) is 14.4 Å². The van der Waals surface area contributed by atoms with Gasteiger partial charge in [0.1, 0.15) is 0 Å². The molecule has 0 aromatic carbocycles. The van der Waals surface area contributed by atoms with E-state index in [9.17, 15) is 14.4 Å². The predicted octanol–water partition coefficient (Wildman–Crippen LogP) is -0.591. The molecular formula is C13H23N3O4. The summed E-state index contributed by atoms with van der Waals surface area (Å²) in [6.45, 7) is 6.10. The molecule has 7 nitrogen and oxygen atoms in total. The minimum absolute atomic E-state index is 0.00562. The van der Waals surface area contributed by atoms with E-state index in [-0.39, 0.29) is 25.0 Å². The summed E-state index contributed by atoms with van der Waals surface area (Å²) in [6, 6.07) is -0.282. The third-order valence-electron chi connectivity index (χ3n) is 3.27. The average Bonchev–Trinajstić information content (AvgIpc) is 2.26. The van der Waals surface area contributed by atoms with Gasteiger partial charge in [0, 0.05) is 24.5 Å². The molecule has 0 saturated carbocycles. The van der Waals surface area contributed by atoms with Gasteiger partial charge in [0.2, 0.25) is 11.8 Å². The molecule has 0 spiro atoms. The minimum Gasteiger partial charge on any atom is -0.481 e. The Morgan fingerprint density at radius 1 is 1.30 bits per heavy atom. The number of rotatable bonds is 4. The number of hydrogen-bond acceptors (Lipinski definition) is 4. The topological polar surface area (TPSA) is 113 Å². The zero-order chi connectivity index (χ0) is 15.5. The van der Waals surface area contributed by atoms with Crippen LogP contribution in [0.3, 0.4) is 0 Å². The molecule has 0 aliphatic carbocycles. The summed E-state index contributed by atoms with van der Waals surface area (Å²) in [5, 5.41) is 12.0. The van der Waals surface area contributed by atoms with E-state index < -0.39 is 23.2 Å². The Kier molecular flexibility index (Phi) is 5.10. The van der Waals surface area contributed by atoms with Crippen molar-refractivity contribution >= 4 is 17.8 Å². The number of amides is 2. The van der Waals surface area contributed by atoms with Gasteiger partial charge in [0.15, 0.2) is 0 Å². The summed E-state index contributed by atoms with van der Waals surface area (Å²) in [6.07, 6.45) is 0.367. The van der Waals surface area contributed by atoms with Gasteiger partial charge >= 0.3 is 5.97 Å². The molecule has 114 valence electrons. The van der Waals surface area contributed by atoms with Crippen molar-refractivity contribution in [2.45, 2.75) is 33.2 Å². The van der Waals surface area contributed by atoms with Gasteiger partial charge in [-0.05, 0) is 6.42 Å². The highest BCUT2D eigenvalue weighted by atomic mass is 16.4. The Morgan fingerprint density at radius 3 is 2.35 bits per heavy atom. The molecule has 2 atom stereocenters. The molecule has 0 radical (unpaired) electrons. The second kappa shape index (κ2) is 6.21. The van der Waals surface area contributed by atoms with Crippen LogP contribution in [0.5, 0.6) is 0 Å². The maximum atomic E-state index is 12.0. The number of likely N-dealkylation sites (tertiary alicyclic amines) is 1. The summed E-state index contributed by atoms with van der Waals surface area (Å²) in [4.78, 5) is 35.8. The lowest BCUT2D eigenvalue weighted by Crippen LogP contribution is -2.55. The van der Waals surface area contributed by atoms with Crippen LogP contribution in [-0.4, -0.2) is 53.5 Å². The van der Waals surface area contributed by atoms with Gasteiger partial charge in [0.05, 0.1) is 12.5 Å². The van der Waals surface area contributed by atoms with Gasteiger partial charge in [-0.3, -0.25) is 19.3 Å². The number of nitrogens with zero attached hydrogens (tertiary/aromatic N) is 1. The molecule has 7 heteroatoms. The maximum Gasteiger partial charge on any atom is 0.307 e. The Bertz CT molecular complexity index is 403. The quantitative estimate of drug-likeness (QED) is 0.639. The first kappa shape index (κ1) is 16.4. The number of primary amides is 1. The molecule has 1 saturated heterocycles. The largest absolute Gasteiger partial charge is 0.481 e. The highest BCUT2D eigenvalue weighted by Gasteiger charge is 2.34. The van der Waals surface area contributed by atoms with Gasteiger partial charge in [0.25, 0.3) is 0 Å². The highest BCUT2D eigenvalue weighted by Crippen LogP contribution is 2.19. The van der Waals surface area contributed by atoms with Crippen LogP contribution >= 0.6 is 0 Å². The van der Waals surface area contributed by atoms with Gasteiger partial charge in [-0.15, -0.1) is 0 Å². The normalized spacial score (nSPS) is 24.1. The number of carboxylic acids is 1. The van der Waals surface area contributed by atoms with Crippen LogP contribution in [0.4, 0.5) is 0 Å². The smallest absolute Gasteiger partial charge is 0.307 e. The molecule has 1 rings (SSSR count). The number of aliphatic carboxylic acids is 1. The Morgan fingerprint density at radius 2 is 1.90 bits per heavy atom. The fourth-order valence-corrected chi connectivity index (χ4v) is 2.23. The van der Waals surface area contributed by atoms with Crippen molar-refractivity contribution in [3.05, 3.63) is 0 Å². The minimum atomic E-state index is -0.922. The van der Waals surface area contributed by atoms with Gasteiger partial charge < -0.3 is 16.2 Å². The van der Waals surface area contributed by atoms with E-state index in [2.05, 4.69) is 5.32 Å². The van der Waals surface area contributed by atoms with Crippen molar-refractivity contribution in [1.29, 1.82) is 0 Å². The maximum absolute atomic E-state index is 12.0. The van der Waals surface area contributed by atoms with Gasteiger partial charge in [-0.2, -0.15) is 0 Å². The molecule has 2 amide bonds. The second-order valence-electron chi connectivity index (χ2n) is 6.35. The standard InChI is InChI=1S/C13H23N3O4/c1-13(2,3)12(20)15-9-4-8(11(18)19)5-16(6-9)7-10(14)17/h8-9H,4-7H2,1-3H3,(H2,14,17)(H,15,20)(H,18,19). The molecule has 1 aliphatic heterocycles. The van der Waals surface area contributed by atoms with Crippen LogP contribution in [0.1, 0.15) is 27.2 Å². The first-order chi connectivity index (χ1) is 9.09. The Hall–Kier alpha value is -1.63. The van der Waals surface area contributed by atoms with Crippen molar-refractivity contribution in [3.63, 3.8) is 0 Å². The highest BCUT2D eigenvalue weighted by molar-refractivity contribution is 5.82. The molecule has 2 unspecified atom stereocenters. The first-order valence-electron chi connectivity index (χ1n) is 6.64. The molecule has 0 bridgehead atoms. The Balaban J connectivity index is 2.72. The van der Waals surface area contributed by atoms with E-state index in [0.717, 1.165) is 0 Å². The second-order valence-corrected chi connectivity index (χ2v) is 6.35. The van der Waals surface area contributed by atoms with E-state index in [4.69, 9.17) is 10.8 Å². The molecular weight excluding hydrogens is 262 g/mol. The fourth-order valence-electron chi connectivity index (χ4n) is 2.23. The molecule has 1 aliphatic rings. The number of carbonyl (C=O) groups is 3. The predicted molar refractivity (Wildman–Crippen MR) is 72.8 cm³/mol. The van der Waals surface area contributed by atoms with E-state index in [1.54, 1.807) is 25.7 Å². The van der Waals surface area contributed by atoms with Crippen molar-refractivity contribution in [2.24, 2.45) is 17.1 Å². The zero-order valence-corrected chi connectivity index (χ0v) is 12.2. The summed E-state index contributed by atoms with van der Waals surface area (Å²) < 4.78 is 0. The van der Waals surface area contributed by atoms with Crippen molar-refractivity contribution in [3.8, 4) is 0 Å². The van der Waals surface area contributed by atoms with Crippen molar-refractivity contribution < 1.29 is 19.5 Å². The van der Waals surface area contributed by atoms with E-state index in [1.165, 1.54) is 0 Å². The monoisotopic (exact) mass is 285 g/mol. The average molecular weight is 285 g/mol. The fraction of sp³-hybridized carbons (Fsp3) is 0.769. The summed E-state index contributed by atoms with van der Waals surface area (Å²) in [5.41, 5.74) is 4.61. The number of carboxylic acid groups (broad SMARTS) is 1. The first-order valence-corrected chi connectivity index (χ1v) is 6.64. The molecule has 4 N–H and O–H groups in total. The van der Waals surface area contributed by atoms with Crippen LogP contribution < -0.4 is 11.1 Å². The van der Waals surface area contributed by atoms with Crippen LogP contribution in [0.25, 0.3) is 0 Å². The van der Waals surface area contributed by atoms with Crippen LogP contribution in [0.15, 0.2) is 0 Å². The van der Waals surface area contributed by atoms with Crippen LogP contribution in [0, 0.1) is 11.3 Å². The lowest BCUT2D eigenvalue weighted by atomic mass is 9.91. The Labute approximate surface area is 118 Å². The lowest BCUT2D eigenvalue weighted by Gasteiger charge is -2.36. The number of nitrogens with two attached hydrogens (primary N) is 1. The number of piperidine rings is 1. The molecule has 1 heterocycles.